The molecule has 0 aromatic heterocycles. The second kappa shape index (κ2) is 6.25. The summed E-state index contributed by atoms with van der Waals surface area (Å²) >= 11 is 0. The maximum atomic E-state index is 10.7. The van der Waals surface area contributed by atoms with E-state index in [0.717, 1.165) is 17.5 Å². The fourth-order valence-electron chi connectivity index (χ4n) is 3.60. The van der Waals surface area contributed by atoms with Crippen molar-refractivity contribution in [3.8, 4) is 16.9 Å². The first-order chi connectivity index (χ1) is 12.2. The molecule has 4 rings (SSSR count). The molecule has 0 aliphatic carbocycles. The van der Waals surface area contributed by atoms with E-state index < -0.39 is 0 Å². The normalized spacial score (nSPS) is 12.6. The van der Waals surface area contributed by atoms with Crippen molar-refractivity contribution in [3.05, 3.63) is 78.4 Å². The molecular weight excluding hydrogens is 304 g/mol. The van der Waals surface area contributed by atoms with Gasteiger partial charge < -0.3 is 5.11 Å². The number of benzene rings is 4. The van der Waals surface area contributed by atoms with E-state index in [1.54, 1.807) is 0 Å². The van der Waals surface area contributed by atoms with Crippen LogP contribution in [0.15, 0.2) is 72.8 Å². The molecule has 25 heavy (non-hydrogen) atoms. The fourth-order valence-corrected chi connectivity index (χ4v) is 3.60. The van der Waals surface area contributed by atoms with Gasteiger partial charge in [-0.2, -0.15) is 0 Å². The molecule has 4 aromatic rings. The van der Waals surface area contributed by atoms with Gasteiger partial charge in [-0.05, 0) is 57.6 Å². The zero-order valence-corrected chi connectivity index (χ0v) is 14.7. The van der Waals surface area contributed by atoms with Crippen molar-refractivity contribution in [2.75, 3.05) is 0 Å². The molecule has 0 fully saturated rings. The molecule has 0 aliphatic heterocycles. The van der Waals surface area contributed by atoms with E-state index in [-0.39, 0.29) is 0 Å². The molecule has 0 aliphatic rings. The number of phenolic OH excluding ortho intramolecular Hbond substituents is 1. The lowest BCUT2D eigenvalue weighted by atomic mass is 9.89. The Morgan fingerprint density at radius 3 is 2.00 bits per heavy atom. The van der Waals surface area contributed by atoms with Crippen molar-refractivity contribution in [1.82, 2.24) is 0 Å². The Hall–Kier alpha value is -2.80. The van der Waals surface area contributed by atoms with E-state index in [9.17, 15) is 5.11 Å². The van der Waals surface area contributed by atoms with Crippen molar-refractivity contribution >= 4 is 21.5 Å². The average molecular weight is 326 g/mol. The third-order valence-corrected chi connectivity index (χ3v) is 5.24. The molecule has 1 nitrogen and oxygen atoms in total. The first kappa shape index (κ1) is 15.7. The Labute approximate surface area is 148 Å². The van der Waals surface area contributed by atoms with Crippen molar-refractivity contribution in [3.63, 3.8) is 0 Å². The minimum atomic E-state index is 0.341. The molecule has 0 amide bonds. The van der Waals surface area contributed by atoms with Gasteiger partial charge in [-0.3, -0.25) is 0 Å². The van der Waals surface area contributed by atoms with Crippen LogP contribution in [0.2, 0.25) is 0 Å². The molecule has 0 bridgehead atoms. The molecule has 1 unspecified atom stereocenters. The van der Waals surface area contributed by atoms with Gasteiger partial charge in [0.05, 0.1) is 0 Å². The molecule has 1 N–H and O–H groups in total. The van der Waals surface area contributed by atoms with E-state index in [1.807, 2.05) is 12.1 Å². The van der Waals surface area contributed by atoms with E-state index in [2.05, 4.69) is 74.5 Å². The maximum absolute atomic E-state index is 10.7. The number of phenols is 1. The van der Waals surface area contributed by atoms with Gasteiger partial charge >= 0.3 is 0 Å². The largest absolute Gasteiger partial charge is 0.507 e. The van der Waals surface area contributed by atoms with Crippen LogP contribution in [-0.4, -0.2) is 5.11 Å². The number of fused-ring (bicyclic) bond motifs is 2. The van der Waals surface area contributed by atoms with Crippen LogP contribution >= 0.6 is 0 Å². The maximum Gasteiger partial charge on any atom is 0.123 e. The van der Waals surface area contributed by atoms with E-state index in [4.69, 9.17) is 0 Å². The topological polar surface area (TPSA) is 20.2 Å². The van der Waals surface area contributed by atoms with Gasteiger partial charge in [0.25, 0.3) is 0 Å². The minimum Gasteiger partial charge on any atom is -0.507 e. The predicted octanol–water partition coefficient (Wildman–Crippen LogP) is 6.88. The summed E-state index contributed by atoms with van der Waals surface area (Å²) in [5.74, 6) is 0.814. The molecule has 4 aromatic carbocycles. The zero-order chi connectivity index (χ0) is 17.4. The highest BCUT2D eigenvalue weighted by atomic mass is 16.3. The number of hydrogen-bond acceptors (Lipinski definition) is 1. The van der Waals surface area contributed by atoms with Crippen molar-refractivity contribution < 1.29 is 5.11 Å². The second-order valence-corrected chi connectivity index (χ2v) is 6.78. The van der Waals surface area contributed by atoms with Gasteiger partial charge in [0, 0.05) is 11.1 Å². The van der Waals surface area contributed by atoms with Crippen LogP contribution in [0, 0.1) is 0 Å². The summed E-state index contributed by atoms with van der Waals surface area (Å²) in [6.07, 6.45) is 1.08. The summed E-state index contributed by atoms with van der Waals surface area (Å²) in [4.78, 5) is 0. The molecule has 0 saturated heterocycles. The van der Waals surface area contributed by atoms with Crippen LogP contribution in [0.4, 0.5) is 0 Å². The highest BCUT2D eigenvalue weighted by molar-refractivity contribution is 6.13. The van der Waals surface area contributed by atoms with Gasteiger partial charge in [-0.1, -0.05) is 68.4 Å². The lowest BCUT2D eigenvalue weighted by Crippen LogP contribution is -1.93. The van der Waals surface area contributed by atoms with Crippen molar-refractivity contribution in [2.24, 2.45) is 0 Å². The first-order valence-electron chi connectivity index (χ1n) is 8.93. The predicted molar refractivity (Wildman–Crippen MR) is 107 cm³/mol. The van der Waals surface area contributed by atoms with Gasteiger partial charge in [0.2, 0.25) is 0 Å². The Morgan fingerprint density at radius 1 is 0.800 bits per heavy atom. The highest BCUT2D eigenvalue weighted by Crippen LogP contribution is 2.41. The van der Waals surface area contributed by atoms with Crippen molar-refractivity contribution in [1.29, 1.82) is 0 Å². The van der Waals surface area contributed by atoms with Crippen LogP contribution in [0.3, 0.4) is 0 Å². The quantitative estimate of drug-likeness (QED) is 0.407. The number of aromatic hydroxyl groups is 1. The molecule has 124 valence electrons. The minimum absolute atomic E-state index is 0.341. The highest BCUT2D eigenvalue weighted by Gasteiger charge is 2.15. The lowest BCUT2D eigenvalue weighted by molar-refractivity contribution is 0.477. The Balaban J connectivity index is 2.12. The van der Waals surface area contributed by atoms with Crippen molar-refractivity contribution in [2.45, 2.75) is 26.2 Å². The van der Waals surface area contributed by atoms with Gasteiger partial charge in [-0.25, -0.2) is 0 Å². The Bertz CT molecular complexity index is 1010. The molecule has 0 radical (unpaired) electrons. The molecule has 1 heteroatoms. The second-order valence-electron chi connectivity index (χ2n) is 6.78. The Morgan fingerprint density at radius 2 is 1.40 bits per heavy atom. The van der Waals surface area contributed by atoms with Crippen LogP contribution in [0.1, 0.15) is 31.7 Å². The summed E-state index contributed by atoms with van der Waals surface area (Å²) in [5, 5.41) is 15.4. The molecule has 0 spiro atoms. The first-order valence-corrected chi connectivity index (χ1v) is 8.93. The van der Waals surface area contributed by atoms with E-state index in [1.165, 1.54) is 27.1 Å². The van der Waals surface area contributed by atoms with Gasteiger partial charge in [0.15, 0.2) is 0 Å². The zero-order valence-electron chi connectivity index (χ0n) is 14.7. The lowest BCUT2D eigenvalue weighted by Gasteiger charge is -2.16. The summed E-state index contributed by atoms with van der Waals surface area (Å²) in [6, 6.07) is 25.1. The average Bonchev–Trinajstić information content (AvgIpc) is 2.66. The van der Waals surface area contributed by atoms with Crippen LogP contribution < -0.4 is 0 Å². The monoisotopic (exact) mass is 326 g/mol. The standard InChI is InChI=1S/C24H22O/c1-3-16(2)17-12-13-23(25)22(15-17)24-20-10-6-4-8-18(20)14-19-9-5-7-11-21(19)24/h4-16,25H,3H2,1-2H3. The Kier molecular flexibility index (Phi) is 3.93. The third kappa shape index (κ3) is 2.66. The summed E-state index contributed by atoms with van der Waals surface area (Å²) in [5.41, 5.74) is 3.31. The van der Waals surface area contributed by atoms with Gasteiger partial charge in [0.1, 0.15) is 5.75 Å². The summed E-state index contributed by atoms with van der Waals surface area (Å²) in [6.45, 7) is 4.43. The van der Waals surface area contributed by atoms with Crippen LogP contribution in [0.25, 0.3) is 32.7 Å². The smallest absolute Gasteiger partial charge is 0.123 e. The van der Waals surface area contributed by atoms with E-state index >= 15 is 0 Å². The molecule has 0 heterocycles. The fraction of sp³-hybridized carbons (Fsp3) is 0.167. The summed E-state index contributed by atoms with van der Waals surface area (Å²) < 4.78 is 0. The summed E-state index contributed by atoms with van der Waals surface area (Å²) in [7, 11) is 0. The van der Waals surface area contributed by atoms with E-state index in [0.29, 0.717) is 11.7 Å². The third-order valence-electron chi connectivity index (χ3n) is 5.24. The van der Waals surface area contributed by atoms with Crippen LogP contribution in [-0.2, 0) is 0 Å². The molecule has 0 saturated carbocycles. The number of hydrogen-bond donors (Lipinski definition) is 1. The van der Waals surface area contributed by atoms with Crippen LogP contribution in [0.5, 0.6) is 5.75 Å². The molecule has 1 atom stereocenters. The van der Waals surface area contributed by atoms with Gasteiger partial charge in [-0.15, -0.1) is 0 Å². The molecular formula is C24H22O. The SMILES string of the molecule is CCC(C)c1ccc(O)c(-c2c3ccccc3cc3ccccc23)c1. The number of rotatable bonds is 3.